The van der Waals surface area contributed by atoms with Gasteiger partial charge < -0.3 is 19.4 Å². The molecule has 1 aliphatic heterocycles. The lowest BCUT2D eigenvalue weighted by atomic mass is 9.94. The van der Waals surface area contributed by atoms with Crippen molar-refractivity contribution in [2.75, 3.05) is 12.0 Å². The number of carbonyl (C=O) groups excluding carboxylic acids is 2. The molecular weight excluding hydrogens is 482 g/mol. The molecule has 0 saturated heterocycles. The predicted octanol–water partition coefficient (Wildman–Crippen LogP) is 6.20. The minimum absolute atomic E-state index is 0.0405. The van der Waals surface area contributed by atoms with Crippen molar-refractivity contribution < 1.29 is 29.0 Å². The Morgan fingerprint density at radius 1 is 1.03 bits per heavy atom. The number of Topliss-reactive ketones (excluding diaryl/α,β-unsaturated/α-hetero) is 1. The summed E-state index contributed by atoms with van der Waals surface area (Å²) in [6.07, 6.45) is 0. The van der Waals surface area contributed by atoms with Crippen LogP contribution in [0.3, 0.4) is 0 Å². The van der Waals surface area contributed by atoms with E-state index in [9.17, 15) is 19.8 Å². The van der Waals surface area contributed by atoms with Gasteiger partial charge in [-0.3, -0.25) is 14.5 Å². The van der Waals surface area contributed by atoms with Crippen LogP contribution in [0.15, 0.2) is 76.4 Å². The maximum Gasteiger partial charge on any atom is 0.294 e. The Bertz CT molecular complexity index is 1580. The zero-order chi connectivity index (χ0) is 25.7. The van der Waals surface area contributed by atoms with Gasteiger partial charge in [-0.25, -0.2) is 0 Å². The van der Waals surface area contributed by atoms with Gasteiger partial charge in [0, 0.05) is 22.2 Å². The second-order valence-electron chi connectivity index (χ2n) is 8.67. The minimum atomic E-state index is -1.00. The van der Waals surface area contributed by atoms with E-state index < -0.39 is 23.5 Å². The first kappa shape index (κ1) is 23.5. The number of methoxy groups -OCH3 is 1. The summed E-state index contributed by atoms with van der Waals surface area (Å²) in [4.78, 5) is 28.5. The summed E-state index contributed by atoms with van der Waals surface area (Å²) >= 11 is 6.16. The van der Waals surface area contributed by atoms with Crippen LogP contribution >= 0.6 is 11.6 Å². The molecule has 1 aliphatic rings. The van der Waals surface area contributed by atoms with E-state index in [4.69, 9.17) is 20.8 Å². The fraction of sp³-hybridized carbons (Fsp3) is 0.143. The molecule has 0 radical (unpaired) electrons. The molecule has 1 amide bonds. The number of phenolic OH excluding ortho intramolecular Hbond substituents is 1. The number of aromatic hydroxyl groups is 1. The third-order valence-electron chi connectivity index (χ3n) is 6.40. The molecular formula is C28H22ClNO6. The van der Waals surface area contributed by atoms with E-state index in [-0.39, 0.29) is 17.1 Å². The Kier molecular flexibility index (Phi) is 5.73. The van der Waals surface area contributed by atoms with Gasteiger partial charge in [0.1, 0.15) is 5.75 Å². The quantitative estimate of drug-likeness (QED) is 0.314. The van der Waals surface area contributed by atoms with Crippen molar-refractivity contribution in [1.82, 2.24) is 0 Å². The Balaban J connectivity index is 1.68. The molecule has 36 heavy (non-hydrogen) atoms. The third kappa shape index (κ3) is 3.78. The SMILES string of the molecule is COc1cc(Cl)cc2cc(C(=O)C3=C(O)C(=O)N(c4ccc(C)c(C)c4)C3c3cccc(O)c3)oc12. The van der Waals surface area contributed by atoms with Gasteiger partial charge in [-0.2, -0.15) is 0 Å². The number of fused-ring (bicyclic) bond motifs is 1. The standard InChI is InChI=1S/C28H22ClNO6/c1-14-7-8-19(9-15(14)2)30-24(16-5-4-6-20(31)11-16)23(26(33)28(30)34)25(32)21-12-17-10-18(29)13-22(35-3)27(17)36-21/h4-13,24,31,33H,1-3H3. The maximum absolute atomic E-state index is 13.8. The summed E-state index contributed by atoms with van der Waals surface area (Å²) in [6.45, 7) is 3.86. The van der Waals surface area contributed by atoms with Crippen molar-refractivity contribution >= 4 is 39.9 Å². The molecule has 2 N–H and O–H groups in total. The average Bonchev–Trinajstić information content (AvgIpc) is 3.39. The molecule has 0 spiro atoms. The van der Waals surface area contributed by atoms with Crippen LogP contribution in [0.2, 0.25) is 5.02 Å². The number of aryl methyl sites for hydroxylation is 2. The van der Waals surface area contributed by atoms with E-state index in [1.54, 1.807) is 30.3 Å². The van der Waals surface area contributed by atoms with Crippen molar-refractivity contribution in [1.29, 1.82) is 0 Å². The predicted molar refractivity (Wildman–Crippen MR) is 136 cm³/mol. The lowest BCUT2D eigenvalue weighted by molar-refractivity contribution is -0.117. The number of furan rings is 1. The number of nitrogens with zero attached hydrogens (tertiary/aromatic N) is 1. The van der Waals surface area contributed by atoms with Gasteiger partial charge in [-0.1, -0.05) is 29.8 Å². The Morgan fingerprint density at radius 3 is 2.50 bits per heavy atom. The Hall–Kier alpha value is -4.23. The number of rotatable bonds is 5. The number of carbonyl (C=O) groups is 2. The normalized spacial score (nSPS) is 15.7. The van der Waals surface area contributed by atoms with Gasteiger partial charge in [-0.15, -0.1) is 0 Å². The zero-order valence-corrected chi connectivity index (χ0v) is 20.5. The number of anilines is 1. The molecule has 3 aromatic carbocycles. The fourth-order valence-electron chi connectivity index (χ4n) is 4.47. The first-order valence-electron chi connectivity index (χ1n) is 11.1. The molecule has 1 aromatic heterocycles. The molecule has 2 heterocycles. The van der Waals surface area contributed by atoms with Crippen LogP contribution in [0.1, 0.15) is 33.3 Å². The van der Waals surface area contributed by atoms with Gasteiger partial charge in [0.05, 0.1) is 18.7 Å². The summed E-state index contributed by atoms with van der Waals surface area (Å²) in [5.74, 6) is -1.87. The molecule has 0 bridgehead atoms. The summed E-state index contributed by atoms with van der Waals surface area (Å²) in [5.41, 5.74) is 3.08. The van der Waals surface area contributed by atoms with E-state index in [1.807, 2.05) is 26.0 Å². The molecule has 0 aliphatic carbocycles. The van der Waals surface area contributed by atoms with Crippen LogP contribution < -0.4 is 9.64 Å². The molecule has 1 unspecified atom stereocenters. The number of ether oxygens (including phenoxy) is 1. The second-order valence-corrected chi connectivity index (χ2v) is 9.11. The number of benzene rings is 3. The van der Waals surface area contributed by atoms with Crippen LogP contribution in [-0.4, -0.2) is 29.0 Å². The second kappa shape index (κ2) is 8.77. The highest BCUT2D eigenvalue weighted by Crippen LogP contribution is 2.44. The first-order chi connectivity index (χ1) is 17.2. The number of ketones is 1. The molecule has 0 saturated carbocycles. The number of hydrogen-bond donors (Lipinski definition) is 2. The Morgan fingerprint density at radius 2 is 1.81 bits per heavy atom. The van der Waals surface area contributed by atoms with E-state index in [1.165, 1.54) is 30.2 Å². The largest absolute Gasteiger partial charge is 0.508 e. The highest BCUT2D eigenvalue weighted by Gasteiger charge is 2.45. The average molecular weight is 504 g/mol. The van der Waals surface area contributed by atoms with Crippen LogP contribution in [0, 0.1) is 13.8 Å². The lowest BCUT2D eigenvalue weighted by Gasteiger charge is -2.27. The van der Waals surface area contributed by atoms with Crippen molar-refractivity contribution in [2.24, 2.45) is 0 Å². The van der Waals surface area contributed by atoms with Crippen LogP contribution in [-0.2, 0) is 4.79 Å². The molecule has 5 rings (SSSR count). The topological polar surface area (TPSA) is 100 Å². The monoisotopic (exact) mass is 503 g/mol. The number of halogens is 1. The summed E-state index contributed by atoms with van der Waals surface area (Å²) in [5, 5.41) is 22.1. The lowest BCUT2D eigenvalue weighted by Crippen LogP contribution is -2.31. The number of hydrogen-bond acceptors (Lipinski definition) is 6. The summed E-state index contributed by atoms with van der Waals surface area (Å²) in [6, 6.07) is 15.4. The number of aliphatic hydroxyl groups excluding tert-OH is 1. The van der Waals surface area contributed by atoms with Gasteiger partial charge in [-0.05, 0) is 66.9 Å². The van der Waals surface area contributed by atoms with Crippen molar-refractivity contribution in [3.8, 4) is 11.5 Å². The van der Waals surface area contributed by atoms with E-state index in [0.717, 1.165) is 11.1 Å². The maximum atomic E-state index is 13.8. The number of phenols is 1. The first-order valence-corrected chi connectivity index (χ1v) is 11.5. The van der Waals surface area contributed by atoms with Gasteiger partial charge in [0.25, 0.3) is 5.91 Å². The van der Waals surface area contributed by atoms with Crippen LogP contribution in [0.4, 0.5) is 5.69 Å². The summed E-state index contributed by atoms with van der Waals surface area (Å²) < 4.78 is 11.2. The summed E-state index contributed by atoms with van der Waals surface area (Å²) in [7, 11) is 1.46. The van der Waals surface area contributed by atoms with E-state index in [2.05, 4.69) is 0 Å². The molecule has 4 aromatic rings. The number of amides is 1. The Labute approximate surface area is 211 Å². The molecule has 8 heteroatoms. The van der Waals surface area contributed by atoms with Crippen molar-refractivity contribution in [3.63, 3.8) is 0 Å². The smallest absolute Gasteiger partial charge is 0.294 e. The zero-order valence-electron chi connectivity index (χ0n) is 19.7. The highest BCUT2D eigenvalue weighted by molar-refractivity contribution is 6.31. The van der Waals surface area contributed by atoms with Gasteiger partial charge >= 0.3 is 0 Å². The van der Waals surface area contributed by atoms with Crippen molar-refractivity contribution in [3.05, 3.63) is 99.5 Å². The fourth-order valence-corrected chi connectivity index (χ4v) is 4.69. The highest BCUT2D eigenvalue weighted by atomic mass is 35.5. The third-order valence-corrected chi connectivity index (χ3v) is 6.62. The van der Waals surface area contributed by atoms with Crippen LogP contribution in [0.25, 0.3) is 11.0 Å². The van der Waals surface area contributed by atoms with Crippen LogP contribution in [0.5, 0.6) is 11.5 Å². The van der Waals surface area contributed by atoms with Gasteiger partial charge in [0.2, 0.25) is 5.78 Å². The number of aliphatic hydroxyl groups is 1. The molecule has 0 fully saturated rings. The molecule has 1 atom stereocenters. The van der Waals surface area contributed by atoms with Crippen molar-refractivity contribution in [2.45, 2.75) is 19.9 Å². The van der Waals surface area contributed by atoms with Gasteiger partial charge in [0.15, 0.2) is 22.9 Å². The molecule has 182 valence electrons. The molecule has 7 nitrogen and oxygen atoms in total. The van der Waals surface area contributed by atoms with E-state index in [0.29, 0.717) is 33.0 Å². The minimum Gasteiger partial charge on any atom is -0.508 e. The van der Waals surface area contributed by atoms with E-state index >= 15 is 0 Å².